The van der Waals surface area contributed by atoms with Crippen LogP contribution >= 0.6 is 15.9 Å². The lowest BCUT2D eigenvalue weighted by Gasteiger charge is -2.08. The Bertz CT molecular complexity index is 267. The molecule has 3 heteroatoms. The molecule has 1 aliphatic rings. The van der Waals surface area contributed by atoms with Crippen molar-refractivity contribution in [3.63, 3.8) is 0 Å². The molecule has 0 aliphatic heterocycles. The van der Waals surface area contributed by atoms with Crippen LogP contribution in [0.2, 0.25) is 0 Å². The molecule has 1 unspecified atom stereocenters. The molecular formula is C9H12BrNO. The van der Waals surface area contributed by atoms with E-state index < -0.39 is 0 Å². The second kappa shape index (κ2) is 3.23. The number of rotatable bonds is 3. The van der Waals surface area contributed by atoms with E-state index in [1.807, 2.05) is 6.07 Å². The van der Waals surface area contributed by atoms with E-state index in [4.69, 9.17) is 10.2 Å². The average molecular weight is 230 g/mol. The molecule has 1 aliphatic carbocycles. The van der Waals surface area contributed by atoms with E-state index in [9.17, 15) is 0 Å². The van der Waals surface area contributed by atoms with Gasteiger partial charge in [-0.1, -0.05) is 12.8 Å². The number of nitrogens with two attached hydrogens (primary N) is 1. The lowest BCUT2D eigenvalue weighted by Crippen LogP contribution is -2.10. The van der Waals surface area contributed by atoms with Gasteiger partial charge in [-0.15, -0.1) is 0 Å². The molecular weight excluding hydrogens is 218 g/mol. The van der Waals surface area contributed by atoms with Gasteiger partial charge in [0.1, 0.15) is 0 Å². The van der Waals surface area contributed by atoms with Crippen LogP contribution in [0.15, 0.2) is 21.4 Å². The Morgan fingerprint density at radius 3 is 2.92 bits per heavy atom. The normalized spacial score (nSPS) is 19.5. The van der Waals surface area contributed by atoms with Crippen LogP contribution in [0.25, 0.3) is 0 Å². The fraction of sp³-hybridized carbons (Fsp3) is 0.556. The molecule has 2 rings (SSSR count). The topological polar surface area (TPSA) is 39.2 Å². The highest BCUT2D eigenvalue weighted by atomic mass is 79.9. The smallest absolute Gasteiger partial charge is 0.173 e. The van der Waals surface area contributed by atoms with Crippen LogP contribution in [0.4, 0.5) is 0 Å². The molecule has 12 heavy (non-hydrogen) atoms. The average Bonchev–Trinajstić information content (AvgIpc) is 2.72. The van der Waals surface area contributed by atoms with Gasteiger partial charge in [-0.3, -0.25) is 0 Å². The Kier molecular flexibility index (Phi) is 2.24. The Morgan fingerprint density at radius 2 is 2.42 bits per heavy atom. The zero-order chi connectivity index (χ0) is 8.55. The van der Waals surface area contributed by atoms with Crippen molar-refractivity contribution in [1.82, 2.24) is 0 Å². The molecule has 0 saturated heterocycles. The number of furan rings is 1. The van der Waals surface area contributed by atoms with Gasteiger partial charge in [-0.05, 0) is 34.3 Å². The third kappa shape index (κ3) is 1.72. The molecule has 0 bridgehead atoms. The van der Waals surface area contributed by atoms with Crippen LogP contribution in [0.1, 0.15) is 30.9 Å². The second-order valence-corrected chi connectivity index (χ2v) is 4.16. The Morgan fingerprint density at radius 1 is 1.67 bits per heavy atom. The molecule has 1 heterocycles. The van der Waals surface area contributed by atoms with E-state index in [1.165, 1.54) is 12.8 Å². The number of hydrogen-bond acceptors (Lipinski definition) is 2. The van der Waals surface area contributed by atoms with Crippen molar-refractivity contribution in [1.29, 1.82) is 0 Å². The highest BCUT2D eigenvalue weighted by molar-refractivity contribution is 9.10. The summed E-state index contributed by atoms with van der Waals surface area (Å²) in [6, 6.07) is 2.09. The molecule has 0 radical (unpaired) electrons. The zero-order valence-corrected chi connectivity index (χ0v) is 8.38. The van der Waals surface area contributed by atoms with Crippen molar-refractivity contribution >= 4 is 15.9 Å². The van der Waals surface area contributed by atoms with E-state index >= 15 is 0 Å². The van der Waals surface area contributed by atoms with Crippen molar-refractivity contribution in [3.8, 4) is 0 Å². The molecule has 2 nitrogen and oxygen atoms in total. The summed E-state index contributed by atoms with van der Waals surface area (Å²) in [6.07, 6.45) is 5.47. The van der Waals surface area contributed by atoms with Crippen LogP contribution < -0.4 is 5.73 Å². The van der Waals surface area contributed by atoms with Crippen LogP contribution in [-0.2, 0) is 0 Å². The Balaban J connectivity index is 2.02. The van der Waals surface area contributed by atoms with Gasteiger partial charge < -0.3 is 10.2 Å². The maximum Gasteiger partial charge on any atom is 0.173 e. The monoisotopic (exact) mass is 229 g/mol. The third-order valence-corrected chi connectivity index (χ3v) is 2.97. The summed E-state index contributed by atoms with van der Waals surface area (Å²) in [7, 11) is 0. The maximum absolute atomic E-state index is 5.99. The van der Waals surface area contributed by atoms with Gasteiger partial charge in [-0.2, -0.15) is 0 Å². The van der Waals surface area contributed by atoms with Crippen LogP contribution in [0.3, 0.4) is 0 Å². The third-order valence-electron chi connectivity index (χ3n) is 2.33. The summed E-state index contributed by atoms with van der Waals surface area (Å²) >= 11 is 3.33. The largest absolute Gasteiger partial charge is 0.457 e. The molecule has 1 fully saturated rings. The lowest BCUT2D eigenvalue weighted by atomic mass is 10.1. The van der Waals surface area contributed by atoms with Crippen molar-refractivity contribution < 1.29 is 4.42 Å². The molecule has 1 aromatic rings. The maximum atomic E-state index is 5.99. The first-order valence-electron chi connectivity index (χ1n) is 4.26. The van der Waals surface area contributed by atoms with Crippen molar-refractivity contribution in [2.75, 3.05) is 0 Å². The summed E-state index contributed by atoms with van der Waals surface area (Å²) in [5.74, 6) is 0.863. The highest BCUT2D eigenvalue weighted by Crippen LogP contribution is 2.38. The van der Waals surface area contributed by atoms with E-state index in [0.717, 1.165) is 22.6 Å². The highest BCUT2D eigenvalue weighted by Gasteiger charge is 2.25. The predicted molar refractivity (Wildman–Crippen MR) is 50.7 cm³/mol. The molecule has 66 valence electrons. The summed E-state index contributed by atoms with van der Waals surface area (Å²) in [4.78, 5) is 0. The van der Waals surface area contributed by atoms with Crippen molar-refractivity contribution in [2.45, 2.75) is 25.3 Å². The summed E-state index contributed by atoms with van der Waals surface area (Å²) in [5, 5.41) is 0. The lowest BCUT2D eigenvalue weighted by molar-refractivity contribution is 0.522. The Labute approximate surface area is 80.3 Å². The first kappa shape index (κ1) is 8.32. The van der Waals surface area contributed by atoms with Gasteiger partial charge in [0.2, 0.25) is 0 Å². The fourth-order valence-electron chi connectivity index (χ4n) is 1.41. The van der Waals surface area contributed by atoms with Crippen molar-refractivity contribution in [3.05, 3.63) is 22.6 Å². The quantitative estimate of drug-likeness (QED) is 0.867. The second-order valence-electron chi connectivity index (χ2n) is 3.44. The summed E-state index contributed by atoms with van der Waals surface area (Å²) in [6.45, 7) is 0. The minimum absolute atomic E-state index is 0.144. The molecule has 1 aromatic heterocycles. The minimum Gasteiger partial charge on any atom is -0.457 e. The summed E-state index contributed by atoms with van der Waals surface area (Å²) in [5.41, 5.74) is 7.09. The van der Waals surface area contributed by atoms with Gasteiger partial charge in [0.15, 0.2) is 4.67 Å². The SMILES string of the molecule is NC(CC1CC1)c1ccoc1Br. The minimum atomic E-state index is 0.144. The van der Waals surface area contributed by atoms with E-state index in [2.05, 4.69) is 15.9 Å². The van der Waals surface area contributed by atoms with Gasteiger partial charge in [-0.25, -0.2) is 0 Å². The molecule has 2 N–H and O–H groups in total. The Hall–Kier alpha value is -0.280. The van der Waals surface area contributed by atoms with E-state index in [0.29, 0.717) is 0 Å². The molecule has 1 atom stereocenters. The first-order valence-corrected chi connectivity index (χ1v) is 5.05. The first-order chi connectivity index (χ1) is 5.77. The summed E-state index contributed by atoms with van der Waals surface area (Å²) < 4.78 is 5.91. The van der Waals surface area contributed by atoms with Gasteiger partial charge >= 0.3 is 0 Å². The van der Waals surface area contributed by atoms with Crippen LogP contribution in [0.5, 0.6) is 0 Å². The predicted octanol–water partition coefficient (Wildman–Crippen LogP) is 2.84. The molecule has 0 aromatic carbocycles. The molecule has 1 saturated carbocycles. The van der Waals surface area contributed by atoms with Gasteiger partial charge in [0.05, 0.1) is 6.26 Å². The standard InChI is InChI=1S/C9H12BrNO/c10-9-7(3-4-12-9)8(11)5-6-1-2-6/h3-4,6,8H,1-2,5,11H2. The van der Waals surface area contributed by atoms with E-state index in [-0.39, 0.29) is 6.04 Å². The number of halogens is 1. The van der Waals surface area contributed by atoms with Crippen LogP contribution in [0, 0.1) is 5.92 Å². The molecule has 0 amide bonds. The van der Waals surface area contributed by atoms with Gasteiger partial charge in [0.25, 0.3) is 0 Å². The zero-order valence-electron chi connectivity index (χ0n) is 6.79. The van der Waals surface area contributed by atoms with E-state index in [1.54, 1.807) is 6.26 Å². The van der Waals surface area contributed by atoms with Crippen molar-refractivity contribution in [2.24, 2.45) is 11.7 Å². The van der Waals surface area contributed by atoms with Crippen LogP contribution in [-0.4, -0.2) is 0 Å². The fourth-order valence-corrected chi connectivity index (χ4v) is 1.94. The number of hydrogen-bond donors (Lipinski definition) is 1. The van der Waals surface area contributed by atoms with Gasteiger partial charge in [0, 0.05) is 11.6 Å². The molecule has 0 spiro atoms.